The lowest BCUT2D eigenvalue weighted by molar-refractivity contribution is -0.137. The monoisotopic (exact) mass is 257 g/mol. The third-order valence-corrected chi connectivity index (χ3v) is 2.38. The van der Waals surface area contributed by atoms with Crippen molar-refractivity contribution in [2.75, 3.05) is 7.11 Å². The van der Waals surface area contributed by atoms with E-state index >= 15 is 0 Å². The van der Waals surface area contributed by atoms with E-state index < -0.39 is 11.7 Å². The summed E-state index contributed by atoms with van der Waals surface area (Å²) >= 11 is 0. The van der Waals surface area contributed by atoms with Gasteiger partial charge < -0.3 is 9.15 Å². The topological polar surface area (TPSA) is 35.3 Å². The van der Waals surface area contributed by atoms with Crippen LogP contribution in [0.5, 0.6) is 5.75 Å². The van der Waals surface area contributed by atoms with Crippen molar-refractivity contribution in [2.24, 2.45) is 0 Å². The number of aryl methyl sites for hydroxylation is 1. The second kappa shape index (κ2) is 4.36. The summed E-state index contributed by atoms with van der Waals surface area (Å²) in [6, 6.07) is 3.17. The van der Waals surface area contributed by atoms with Crippen LogP contribution in [0.3, 0.4) is 0 Å². The van der Waals surface area contributed by atoms with E-state index in [9.17, 15) is 13.2 Å². The molecule has 18 heavy (non-hydrogen) atoms. The molecule has 0 N–H and O–H groups in total. The molecular weight excluding hydrogens is 247 g/mol. The average molecular weight is 257 g/mol. The van der Waals surface area contributed by atoms with Gasteiger partial charge in [-0.1, -0.05) is 0 Å². The number of aromatic nitrogens is 1. The van der Waals surface area contributed by atoms with Crippen molar-refractivity contribution in [2.45, 2.75) is 13.1 Å². The number of benzene rings is 1. The molecule has 0 radical (unpaired) electrons. The normalized spacial score (nSPS) is 11.6. The summed E-state index contributed by atoms with van der Waals surface area (Å²) in [5.74, 6) is 0.907. The number of hydrogen-bond donors (Lipinski definition) is 0. The van der Waals surface area contributed by atoms with E-state index in [1.807, 2.05) is 0 Å². The Morgan fingerprint density at radius 1 is 1.28 bits per heavy atom. The molecule has 0 fully saturated rings. The van der Waals surface area contributed by atoms with Crippen LogP contribution in [0.25, 0.3) is 11.5 Å². The van der Waals surface area contributed by atoms with Gasteiger partial charge in [0, 0.05) is 0 Å². The van der Waals surface area contributed by atoms with E-state index in [0.717, 1.165) is 12.1 Å². The van der Waals surface area contributed by atoms with Crippen molar-refractivity contribution in [1.82, 2.24) is 4.98 Å². The number of rotatable bonds is 2. The third-order valence-electron chi connectivity index (χ3n) is 2.38. The minimum absolute atomic E-state index is 0.107. The molecule has 0 aliphatic heterocycles. The van der Waals surface area contributed by atoms with E-state index in [1.54, 1.807) is 6.92 Å². The number of ether oxygens (including phenoxy) is 1. The van der Waals surface area contributed by atoms with E-state index in [1.165, 1.54) is 19.4 Å². The summed E-state index contributed by atoms with van der Waals surface area (Å²) in [6.07, 6.45) is -2.97. The molecule has 2 rings (SSSR count). The van der Waals surface area contributed by atoms with Crippen molar-refractivity contribution in [1.29, 1.82) is 0 Å². The average Bonchev–Trinajstić information content (AvgIpc) is 2.73. The first kappa shape index (κ1) is 12.5. The second-order valence-corrected chi connectivity index (χ2v) is 3.69. The Morgan fingerprint density at radius 2 is 2.00 bits per heavy atom. The summed E-state index contributed by atoms with van der Waals surface area (Å²) < 4.78 is 48.1. The standard InChI is InChI=1S/C12H10F3NO2/c1-7-6-16-11(18-7)9-5-8(12(13,14)15)3-4-10(9)17-2/h3-6H,1-2H3. The predicted molar refractivity (Wildman–Crippen MR) is 58.2 cm³/mol. The highest BCUT2D eigenvalue weighted by molar-refractivity contribution is 5.64. The molecule has 0 saturated carbocycles. The molecule has 1 heterocycles. The molecule has 96 valence electrons. The first-order chi connectivity index (χ1) is 8.41. The lowest BCUT2D eigenvalue weighted by Gasteiger charge is -2.10. The molecule has 0 saturated heterocycles. The van der Waals surface area contributed by atoms with Crippen LogP contribution in [-0.4, -0.2) is 12.1 Å². The fraction of sp³-hybridized carbons (Fsp3) is 0.250. The fourth-order valence-corrected chi connectivity index (χ4v) is 1.53. The molecule has 0 unspecified atom stereocenters. The van der Waals surface area contributed by atoms with Gasteiger partial charge in [-0.2, -0.15) is 13.2 Å². The molecule has 1 aromatic carbocycles. The van der Waals surface area contributed by atoms with E-state index in [-0.39, 0.29) is 17.2 Å². The maximum Gasteiger partial charge on any atom is 0.416 e. The SMILES string of the molecule is COc1ccc(C(F)(F)F)cc1-c1ncc(C)o1. The van der Waals surface area contributed by atoms with E-state index in [0.29, 0.717) is 5.76 Å². The summed E-state index contributed by atoms with van der Waals surface area (Å²) in [6.45, 7) is 1.66. The molecule has 2 aromatic rings. The van der Waals surface area contributed by atoms with Crippen LogP contribution in [0.1, 0.15) is 11.3 Å². The van der Waals surface area contributed by atoms with Crippen LogP contribution in [0.15, 0.2) is 28.8 Å². The number of halogens is 3. The number of hydrogen-bond acceptors (Lipinski definition) is 3. The lowest BCUT2D eigenvalue weighted by atomic mass is 10.1. The van der Waals surface area contributed by atoms with Crippen LogP contribution in [0, 0.1) is 6.92 Å². The van der Waals surface area contributed by atoms with Crippen LogP contribution in [-0.2, 0) is 6.18 Å². The predicted octanol–water partition coefficient (Wildman–Crippen LogP) is 3.68. The highest BCUT2D eigenvalue weighted by atomic mass is 19.4. The Kier molecular flexibility index (Phi) is 3.02. The minimum Gasteiger partial charge on any atom is -0.496 e. The van der Waals surface area contributed by atoms with Crippen LogP contribution >= 0.6 is 0 Å². The minimum atomic E-state index is -4.41. The Balaban J connectivity index is 2.56. The first-order valence-corrected chi connectivity index (χ1v) is 5.10. The number of methoxy groups -OCH3 is 1. The van der Waals surface area contributed by atoms with Gasteiger partial charge in [0.05, 0.1) is 24.4 Å². The molecule has 0 atom stereocenters. The maximum absolute atomic E-state index is 12.6. The summed E-state index contributed by atoms with van der Waals surface area (Å²) in [5.41, 5.74) is -0.588. The van der Waals surface area contributed by atoms with Gasteiger partial charge in [-0.05, 0) is 25.1 Å². The smallest absolute Gasteiger partial charge is 0.416 e. The van der Waals surface area contributed by atoms with Gasteiger partial charge in [-0.15, -0.1) is 0 Å². The zero-order valence-electron chi connectivity index (χ0n) is 9.71. The Labute approximate surface area is 101 Å². The van der Waals surface area contributed by atoms with Gasteiger partial charge in [0.15, 0.2) is 0 Å². The largest absolute Gasteiger partial charge is 0.496 e. The molecule has 0 bridgehead atoms. The molecule has 0 spiro atoms. The molecular formula is C12H10F3NO2. The van der Waals surface area contributed by atoms with Gasteiger partial charge >= 0.3 is 6.18 Å². The van der Waals surface area contributed by atoms with Crippen molar-refractivity contribution < 1.29 is 22.3 Å². The third kappa shape index (κ3) is 2.32. The zero-order chi connectivity index (χ0) is 13.3. The summed E-state index contributed by atoms with van der Waals surface area (Å²) in [7, 11) is 1.38. The van der Waals surface area contributed by atoms with Gasteiger partial charge in [-0.3, -0.25) is 0 Å². The van der Waals surface area contributed by atoms with Gasteiger partial charge in [0.25, 0.3) is 0 Å². The number of nitrogens with zero attached hydrogens (tertiary/aromatic N) is 1. The van der Waals surface area contributed by atoms with Crippen LogP contribution in [0.4, 0.5) is 13.2 Å². The number of alkyl halides is 3. The van der Waals surface area contributed by atoms with Gasteiger partial charge in [0.1, 0.15) is 11.5 Å². The quantitative estimate of drug-likeness (QED) is 0.823. The van der Waals surface area contributed by atoms with Gasteiger partial charge in [-0.25, -0.2) is 4.98 Å². The van der Waals surface area contributed by atoms with Crippen molar-refractivity contribution in [3.63, 3.8) is 0 Å². The van der Waals surface area contributed by atoms with Crippen molar-refractivity contribution in [3.8, 4) is 17.2 Å². The summed E-state index contributed by atoms with van der Waals surface area (Å²) in [4.78, 5) is 3.90. The second-order valence-electron chi connectivity index (χ2n) is 3.69. The highest BCUT2D eigenvalue weighted by Gasteiger charge is 2.31. The summed E-state index contributed by atoms with van der Waals surface area (Å²) in [5, 5.41) is 0. The fourth-order valence-electron chi connectivity index (χ4n) is 1.53. The van der Waals surface area contributed by atoms with Crippen molar-refractivity contribution in [3.05, 3.63) is 35.7 Å². The molecule has 0 amide bonds. The Morgan fingerprint density at radius 3 is 2.50 bits per heavy atom. The molecule has 1 aromatic heterocycles. The molecule has 0 aliphatic rings. The van der Waals surface area contributed by atoms with E-state index in [4.69, 9.17) is 9.15 Å². The Hall–Kier alpha value is -1.98. The van der Waals surface area contributed by atoms with Crippen LogP contribution < -0.4 is 4.74 Å². The van der Waals surface area contributed by atoms with E-state index in [2.05, 4.69) is 4.98 Å². The molecule has 6 heteroatoms. The highest BCUT2D eigenvalue weighted by Crippen LogP contribution is 2.36. The first-order valence-electron chi connectivity index (χ1n) is 5.10. The zero-order valence-corrected chi connectivity index (χ0v) is 9.71. The maximum atomic E-state index is 12.6. The van der Waals surface area contributed by atoms with Crippen molar-refractivity contribution >= 4 is 0 Å². The molecule has 0 aliphatic carbocycles. The number of oxazole rings is 1. The van der Waals surface area contributed by atoms with Gasteiger partial charge in [0.2, 0.25) is 5.89 Å². The van der Waals surface area contributed by atoms with Crippen LogP contribution in [0.2, 0.25) is 0 Å². The Bertz CT molecular complexity index is 561. The lowest BCUT2D eigenvalue weighted by Crippen LogP contribution is -2.05. The molecule has 3 nitrogen and oxygen atoms in total.